The molecule has 11 atom stereocenters. The largest absolute Gasteiger partial charge is 0.459 e. The van der Waals surface area contributed by atoms with Crippen molar-refractivity contribution in [1.82, 2.24) is 4.90 Å². The Labute approximate surface area is 284 Å². The van der Waals surface area contributed by atoms with E-state index in [2.05, 4.69) is 0 Å². The summed E-state index contributed by atoms with van der Waals surface area (Å²) in [5, 5.41) is -4.84. The highest BCUT2D eigenvalue weighted by Gasteiger charge is 2.73. The molecule has 1 amide bonds. The fourth-order valence-electron chi connectivity index (χ4n) is 10.6. The molecular weight excluding hydrogens is 704 g/mol. The third-order valence-corrected chi connectivity index (χ3v) is 13.9. The number of carbonyl (C=O) groups is 3. The van der Waals surface area contributed by atoms with Gasteiger partial charge in [-0.3, -0.25) is 18.9 Å². The van der Waals surface area contributed by atoms with Gasteiger partial charge in [0, 0.05) is 23.8 Å². The first-order valence-corrected chi connectivity index (χ1v) is 18.4. The van der Waals surface area contributed by atoms with Crippen LogP contribution >= 0.6 is 0 Å². The second-order valence-corrected chi connectivity index (χ2v) is 18.1. The van der Waals surface area contributed by atoms with E-state index >= 15 is 0 Å². The molecule has 0 radical (unpaired) electrons. The Hall–Kier alpha value is -2.18. The molecule has 7 fully saturated rings. The van der Waals surface area contributed by atoms with Gasteiger partial charge in [-0.2, -0.15) is 34.8 Å². The number of rotatable bonds is 6. The highest BCUT2D eigenvalue weighted by Crippen LogP contribution is 2.65. The predicted octanol–water partition coefficient (Wildman–Crippen LogP) is 4.43. The van der Waals surface area contributed by atoms with Crippen LogP contribution in [0.3, 0.4) is 0 Å². The summed E-state index contributed by atoms with van der Waals surface area (Å²) < 4.78 is 140. The lowest BCUT2D eigenvalue weighted by atomic mass is 9.50. The van der Waals surface area contributed by atoms with Crippen molar-refractivity contribution in [3.63, 3.8) is 0 Å². The number of amides is 1. The Morgan fingerprint density at radius 3 is 2.18 bits per heavy atom. The second kappa shape index (κ2) is 10.9. The first-order chi connectivity index (χ1) is 22.9. The summed E-state index contributed by atoms with van der Waals surface area (Å²) >= 11 is 0. The van der Waals surface area contributed by atoms with Crippen molar-refractivity contribution in [2.24, 2.45) is 46.8 Å². The lowest BCUT2D eigenvalue weighted by molar-refractivity contribution is -0.312. The number of alkyl halides is 6. The zero-order valence-electron chi connectivity index (χ0n) is 27.9. The molecule has 11 unspecified atom stereocenters. The van der Waals surface area contributed by atoms with Crippen LogP contribution in [0, 0.1) is 46.8 Å². The average molecular weight is 746 g/mol. The summed E-state index contributed by atoms with van der Waals surface area (Å²) in [5.74, 6) is -17.6. The molecule has 18 heteroatoms. The van der Waals surface area contributed by atoms with Crippen molar-refractivity contribution < 1.29 is 72.6 Å². The van der Waals surface area contributed by atoms with E-state index in [9.17, 15) is 49.1 Å². The van der Waals surface area contributed by atoms with E-state index in [4.69, 9.17) is 23.5 Å². The molecule has 1 spiro atoms. The van der Waals surface area contributed by atoms with Crippen LogP contribution in [0.25, 0.3) is 0 Å². The number of hydrogen-bond donors (Lipinski definition) is 1. The van der Waals surface area contributed by atoms with E-state index in [1.54, 1.807) is 20.8 Å². The van der Waals surface area contributed by atoms with Gasteiger partial charge >= 0.3 is 39.2 Å². The molecule has 2 aliphatic heterocycles. The minimum absolute atomic E-state index is 0.0515. The topological polar surface area (TPSA) is 146 Å². The molecule has 5 bridgehead atoms. The van der Waals surface area contributed by atoms with Gasteiger partial charge in [0.2, 0.25) is 5.91 Å². The fraction of sp³-hybridized carbons (Fsp3) is 0.906. The highest BCUT2D eigenvalue weighted by molar-refractivity contribution is 7.86. The second-order valence-electron chi connectivity index (χ2n) is 16.7. The van der Waals surface area contributed by atoms with E-state index in [0.717, 1.165) is 0 Å². The maximum atomic E-state index is 14.4. The van der Waals surface area contributed by atoms with E-state index < -0.39 is 123 Å². The molecule has 0 aromatic rings. The molecule has 5 saturated carbocycles. The van der Waals surface area contributed by atoms with Crippen molar-refractivity contribution in [1.29, 1.82) is 0 Å². The van der Waals surface area contributed by atoms with Gasteiger partial charge in [0.15, 0.2) is 11.9 Å². The lowest BCUT2D eigenvalue weighted by Crippen LogP contribution is -2.60. The maximum absolute atomic E-state index is 14.4. The molecule has 11 nitrogen and oxygen atoms in total. The van der Waals surface area contributed by atoms with Crippen molar-refractivity contribution >= 4 is 28.0 Å². The minimum Gasteiger partial charge on any atom is -0.459 e. The van der Waals surface area contributed by atoms with Gasteiger partial charge in [0.05, 0.1) is 23.3 Å². The molecule has 7 rings (SSSR count). The Morgan fingerprint density at radius 1 is 0.980 bits per heavy atom. The van der Waals surface area contributed by atoms with Gasteiger partial charge in [-0.15, -0.1) is 0 Å². The van der Waals surface area contributed by atoms with Crippen molar-refractivity contribution in [2.75, 3.05) is 13.2 Å². The molecule has 7 aliphatic rings. The first-order valence-electron chi connectivity index (χ1n) is 17.0. The standard InChI is InChI=1S/C32H41F6NO10S/c1-14(32(37,38)50(43,44)45)48-25(41)21-19-8-18-20(21)24(40)39(27(2,3)4)22(18)23(19)49-26(42)28-6-5-15-10-29(17(11-28)7-16(15)9-28)46-12-30(33,34)31(35,36)13-47-29/h14-23H,5-13H2,1-4H3,(H,43,44,45). The third-order valence-electron chi connectivity index (χ3n) is 12.9. The third kappa shape index (κ3) is 5.06. The quantitative estimate of drug-likeness (QED) is 0.236. The Morgan fingerprint density at radius 2 is 1.60 bits per heavy atom. The van der Waals surface area contributed by atoms with Crippen LogP contribution in [0.2, 0.25) is 0 Å². The summed E-state index contributed by atoms with van der Waals surface area (Å²) in [7, 11) is -5.95. The summed E-state index contributed by atoms with van der Waals surface area (Å²) in [6.07, 6.45) is -1.66. The van der Waals surface area contributed by atoms with Crippen molar-refractivity contribution in [2.45, 2.75) is 119 Å². The van der Waals surface area contributed by atoms with Gasteiger partial charge in [-0.25, -0.2) is 0 Å². The predicted molar refractivity (Wildman–Crippen MR) is 156 cm³/mol. The van der Waals surface area contributed by atoms with Gasteiger partial charge < -0.3 is 23.8 Å². The number of halogens is 6. The number of nitrogens with zero attached hydrogens (tertiary/aromatic N) is 1. The zero-order chi connectivity index (χ0) is 36.8. The lowest BCUT2D eigenvalue weighted by Gasteiger charge is -2.59. The minimum atomic E-state index is -5.95. The molecule has 282 valence electrons. The number of esters is 2. The number of ether oxygens (including phenoxy) is 4. The molecule has 2 saturated heterocycles. The molecule has 1 N–H and O–H groups in total. The van der Waals surface area contributed by atoms with E-state index in [1.165, 1.54) is 4.90 Å². The van der Waals surface area contributed by atoms with Gasteiger partial charge in [-0.1, -0.05) is 0 Å². The Bertz CT molecular complexity index is 1570. The van der Waals surface area contributed by atoms with Crippen LogP contribution in [-0.2, 0) is 43.4 Å². The van der Waals surface area contributed by atoms with Crippen molar-refractivity contribution in [3.8, 4) is 0 Å². The fourth-order valence-corrected chi connectivity index (χ4v) is 11.1. The first kappa shape index (κ1) is 36.2. The summed E-state index contributed by atoms with van der Waals surface area (Å²) in [6.45, 7) is 2.79. The number of likely N-dealkylation sites (tertiary alicyclic amines) is 1. The molecule has 50 heavy (non-hydrogen) atoms. The normalized spacial score (nSPS) is 41.6. The smallest absolute Gasteiger partial charge is 0.405 e. The van der Waals surface area contributed by atoms with E-state index in [0.29, 0.717) is 32.6 Å². The van der Waals surface area contributed by atoms with Gasteiger partial charge in [0.25, 0.3) is 0 Å². The molecule has 0 aromatic heterocycles. The molecule has 5 aliphatic carbocycles. The SMILES string of the molecule is CC(OC(=O)C1C2CC3C1C(=O)N(C(C)(C)C)C3C2OC(=O)C12CCC3CC4(OCC(F)(F)C(F)(F)CO4)C(CC3C1)C2)C(F)(F)S(=O)(=O)O. The highest BCUT2D eigenvalue weighted by atomic mass is 32.2. The van der Waals surface area contributed by atoms with E-state index in [1.807, 2.05) is 0 Å². The average Bonchev–Trinajstić information content (AvgIpc) is 3.59. The van der Waals surface area contributed by atoms with Crippen LogP contribution in [0.15, 0.2) is 0 Å². The van der Waals surface area contributed by atoms with E-state index in [-0.39, 0.29) is 31.1 Å². The van der Waals surface area contributed by atoms with Crippen LogP contribution in [0.5, 0.6) is 0 Å². The zero-order valence-corrected chi connectivity index (χ0v) is 28.7. The molecule has 2 heterocycles. The van der Waals surface area contributed by atoms with Crippen LogP contribution < -0.4 is 0 Å². The Kier molecular flexibility index (Phi) is 7.91. The number of hydrogen-bond acceptors (Lipinski definition) is 9. The summed E-state index contributed by atoms with van der Waals surface area (Å²) in [5.41, 5.74) is -1.98. The van der Waals surface area contributed by atoms with Gasteiger partial charge in [0.1, 0.15) is 19.3 Å². The summed E-state index contributed by atoms with van der Waals surface area (Å²) in [6, 6.07) is -0.664. The van der Waals surface area contributed by atoms with Gasteiger partial charge in [-0.05, 0) is 84.0 Å². The monoisotopic (exact) mass is 745 g/mol. The molecule has 0 aromatic carbocycles. The molecular formula is C32H41F6NO10S. The number of fused-ring (bicyclic) bond motifs is 4. The van der Waals surface area contributed by atoms with Crippen LogP contribution in [0.4, 0.5) is 26.3 Å². The van der Waals surface area contributed by atoms with Crippen molar-refractivity contribution in [3.05, 3.63) is 0 Å². The van der Waals surface area contributed by atoms with Crippen LogP contribution in [0.1, 0.15) is 72.6 Å². The maximum Gasteiger partial charge on any atom is 0.405 e. The van der Waals surface area contributed by atoms with Crippen LogP contribution in [-0.4, -0.2) is 95.6 Å². The number of carbonyl (C=O) groups excluding carboxylic acids is 3. The Balaban J connectivity index is 1.16. The summed E-state index contributed by atoms with van der Waals surface area (Å²) in [4.78, 5) is 43.4.